The van der Waals surface area contributed by atoms with Gasteiger partial charge in [0.15, 0.2) is 6.10 Å². The van der Waals surface area contributed by atoms with Crippen LogP contribution in [0.4, 0.5) is 0 Å². The lowest BCUT2D eigenvalue weighted by atomic mass is 10.0. The fraction of sp³-hybridized carbons (Fsp3) is 0.800. The van der Waals surface area contributed by atoms with E-state index in [4.69, 9.17) is 9.84 Å². The van der Waals surface area contributed by atoms with Gasteiger partial charge in [-0.1, -0.05) is 0 Å². The van der Waals surface area contributed by atoms with Crippen molar-refractivity contribution in [2.45, 2.75) is 25.5 Å². The summed E-state index contributed by atoms with van der Waals surface area (Å²) in [6.45, 7) is 4.34. The zero-order valence-electron chi connectivity index (χ0n) is 9.82. The van der Waals surface area contributed by atoms with Gasteiger partial charge >= 0.3 is 5.97 Å². The third kappa shape index (κ3) is 2.70. The molecule has 1 unspecified atom stereocenters. The summed E-state index contributed by atoms with van der Waals surface area (Å²) in [6.07, 6.45) is -0.912. The van der Waals surface area contributed by atoms with E-state index >= 15 is 0 Å². The Bertz CT molecular complexity index is 291. The Kier molecular flexibility index (Phi) is 3.88. The molecule has 0 saturated carbocycles. The van der Waals surface area contributed by atoms with Crippen molar-refractivity contribution in [2.75, 3.05) is 26.7 Å². The molecule has 16 heavy (non-hydrogen) atoms. The molecule has 1 aliphatic rings. The topological polar surface area (TPSA) is 78.9 Å². The second kappa shape index (κ2) is 4.80. The number of likely N-dealkylation sites (N-methyl/N-ethyl adjacent to an activating group) is 1. The van der Waals surface area contributed by atoms with Gasteiger partial charge in [0, 0.05) is 6.54 Å². The molecule has 0 aliphatic carbocycles. The minimum absolute atomic E-state index is 0.107. The van der Waals surface area contributed by atoms with Gasteiger partial charge in [-0.2, -0.15) is 0 Å². The summed E-state index contributed by atoms with van der Waals surface area (Å²) in [7, 11) is 1.70. The molecule has 1 atom stereocenters. The first kappa shape index (κ1) is 12.9. The Morgan fingerprint density at radius 1 is 1.50 bits per heavy atom. The number of rotatable bonds is 3. The van der Waals surface area contributed by atoms with Gasteiger partial charge in [-0.15, -0.1) is 0 Å². The molecule has 92 valence electrons. The van der Waals surface area contributed by atoms with Gasteiger partial charge in [0.05, 0.1) is 18.7 Å². The number of carboxylic acids is 1. The normalized spacial score (nSPS) is 21.9. The fourth-order valence-electron chi connectivity index (χ4n) is 1.49. The highest BCUT2D eigenvalue weighted by Crippen LogP contribution is 2.12. The number of amides is 1. The van der Waals surface area contributed by atoms with Crippen LogP contribution < -0.4 is 5.32 Å². The number of morpholine rings is 1. The average molecular weight is 230 g/mol. The van der Waals surface area contributed by atoms with Crippen molar-refractivity contribution in [3.05, 3.63) is 0 Å². The molecule has 0 aromatic rings. The molecule has 0 radical (unpaired) electrons. The molecule has 0 aromatic carbocycles. The summed E-state index contributed by atoms with van der Waals surface area (Å²) < 4.78 is 5.05. The molecule has 1 fully saturated rings. The van der Waals surface area contributed by atoms with E-state index in [1.165, 1.54) is 4.90 Å². The molecule has 6 nitrogen and oxygen atoms in total. The number of nitrogens with zero attached hydrogens (tertiary/aromatic N) is 1. The van der Waals surface area contributed by atoms with Crippen molar-refractivity contribution >= 4 is 11.9 Å². The van der Waals surface area contributed by atoms with Gasteiger partial charge in [-0.25, -0.2) is 4.79 Å². The average Bonchev–Trinajstić information content (AvgIpc) is 2.28. The van der Waals surface area contributed by atoms with E-state index in [0.717, 1.165) is 0 Å². The molecular formula is C10H18N2O4. The van der Waals surface area contributed by atoms with Crippen LogP contribution in [0.15, 0.2) is 0 Å². The summed E-state index contributed by atoms with van der Waals surface area (Å²) >= 11 is 0. The SMILES string of the molecule is CNC(C)(C)C(=O)N1CCOC(C(=O)O)C1. The number of hydrogen-bond donors (Lipinski definition) is 2. The fourth-order valence-corrected chi connectivity index (χ4v) is 1.49. The van der Waals surface area contributed by atoms with Gasteiger partial charge in [-0.3, -0.25) is 4.79 Å². The first-order valence-electron chi connectivity index (χ1n) is 5.21. The van der Waals surface area contributed by atoms with E-state index < -0.39 is 17.6 Å². The van der Waals surface area contributed by atoms with E-state index in [1.54, 1.807) is 20.9 Å². The first-order valence-corrected chi connectivity index (χ1v) is 5.21. The standard InChI is InChI=1S/C10H18N2O4/c1-10(2,11-3)9(15)12-4-5-16-7(6-12)8(13)14/h7,11H,4-6H2,1-3H3,(H,13,14). The molecule has 0 bridgehead atoms. The van der Waals surface area contributed by atoms with Crippen molar-refractivity contribution in [3.63, 3.8) is 0 Å². The summed E-state index contributed by atoms with van der Waals surface area (Å²) in [5.41, 5.74) is -0.680. The highest BCUT2D eigenvalue weighted by atomic mass is 16.5. The molecule has 1 rings (SSSR count). The summed E-state index contributed by atoms with van der Waals surface area (Å²) in [5, 5.41) is 11.7. The molecule has 1 heterocycles. The summed E-state index contributed by atoms with van der Waals surface area (Å²) in [5.74, 6) is -1.13. The third-order valence-corrected chi connectivity index (χ3v) is 2.79. The highest BCUT2D eigenvalue weighted by Gasteiger charge is 2.35. The largest absolute Gasteiger partial charge is 0.479 e. The van der Waals surface area contributed by atoms with Gasteiger partial charge in [0.25, 0.3) is 0 Å². The van der Waals surface area contributed by atoms with Crippen molar-refractivity contribution in [1.82, 2.24) is 10.2 Å². The maximum Gasteiger partial charge on any atom is 0.334 e. The van der Waals surface area contributed by atoms with Gasteiger partial charge in [0.1, 0.15) is 0 Å². The Balaban J connectivity index is 2.67. The zero-order valence-corrected chi connectivity index (χ0v) is 9.82. The second-order valence-corrected chi connectivity index (χ2v) is 4.32. The Hall–Kier alpha value is -1.14. The lowest BCUT2D eigenvalue weighted by Gasteiger charge is -2.36. The number of ether oxygens (including phenoxy) is 1. The number of hydrogen-bond acceptors (Lipinski definition) is 4. The third-order valence-electron chi connectivity index (χ3n) is 2.79. The van der Waals surface area contributed by atoms with Crippen molar-refractivity contribution in [1.29, 1.82) is 0 Å². The van der Waals surface area contributed by atoms with E-state index in [9.17, 15) is 9.59 Å². The summed E-state index contributed by atoms with van der Waals surface area (Å²) in [4.78, 5) is 24.3. The zero-order chi connectivity index (χ0) is 12.3. The number of carboxylic acid groups (broad SMARTS) is 1. The predicted octanol–water partition coefficient (Wildman–Crippen LogP) is -0.704. The predicted molar refractivity (Wildman–Crippen MR) is 57.1 cm³/mol. The van der Waals surface area contributed by atoms with Crippen LogP contribution >= 0.6 is 0 Å². The number of carbonyl (C=O) groups is 2. The van der Waals surface area contributed by atoms with Crippen LogP contribution in [-0.4, -0.2) is 60.3 Å². The quantitative estimate of drug-likeness (QED) is 0.670. The number of aliphatic carboxylic acids is 1. The van der Waals surface area contributed by atoms with Crippen LogP contribution in [0.2, 0.25) is 0 Å². The molecule has 1 amide bonds. The first-order chi connectivity index (χ1) is 7.38. The Morgan fingerprint density at radius 3 is 2.62 bits per heavy atom. The molecule has 0 aromatic heterocycles. The summed E-state index contributed by atoms with van der Waals surface area (Å²) in [6, 6.07) is 0. The van der Waals surface area contributed by atoms with Crippen LogP contribution in [0.3, 0.4) is 0 Å². The van der Waals surface area contributed by atoms with Gasteiger partial charge in [0.2, 0.25) is 5.91 Å². The molecule has 1 saturated heterocycles. The van der Waals surface area contributed by atoms with Crippen LogP contribution in [0.25, 0.3) is 0 Å². The highest BCUT2D eigenvalue weighted by molar-refractivity contribution is 5.86. The maximum absolute atomic E-state index is 12.0. The van der Waals surface area contributed by atoms with Crippen LogP contribution in [0.1, 0.15) is 13.8 Å². The molecular weight excluding hydrogens is 212 g/mol. The minimum Gasteiger partial charge on any atom is -0.479 e. The maximum atomic E-state index is 12.0. The van der Waals surface area contributed by atoms with Gasteiger partial charge in [-0.05, 0) is 20.9 Å². The lowest BCUT2D eigenvalue weighted by molar-refractivity contribution is -0.161. The molecule has 6 heteroatoms. The van der Waals surface area contributed by atoms with Crippen LogP contribution in [-0.2, 0) is 14.3 Å². The second-order valence-electron chi connectivity index (χ2n) is 4.32. The van der Waals surface area contributed by atoms with E-state index in [2.05, 4.69) is 5.32 Å². The molecule has 2 N–H and O–H groups in total. The van der Waals surface area contributed by atoms with Crippen LogP contribution in [0.5, 0.6) is 0 Å². The van der Waals surface area contributed by atoms with E-state index in [1.807, 2.05) is 0 Å². The van der Waals surface area contributed by atoms with Crippen molar-refractivity contribution in [2.24, 2.45) is 0 Å². The van der Waals surface area contributed by atoms with E-state index in [-0.39, 0.29) is 19.1 Å². The van der Waals surface area contributed by atoms with Gasteiger partial charge < -0.3 is 20.1 Å². The van der Waals surface area contributed by atoms with Crippen LogP contribution in [0, 0.1) is 0 Å². The monoisotopic (exact) mass is 230 g/mol. The van der Waals surface area contributed by atoms with E-state index in [0.29, 0.717) is 6.54 Å². The molecule has 0 spiro atoms. The number of carbonyl (C=O) groups excluding carboxylic acids is 1. The lowest BCUT2D eigenvalue weighted by Crippen LogP contribution is -2.57. The Labute approximate surface area is 94.6 Å². The van der Waals surface area contributed by atoms with Crippen molar-refractivity contribution < 1.29 is 19.4 Å². The van der Waals surface area contributed by atoms with Crippen molar-refractivity contribution in [3.8, 4) is 0 Å². The minimum atomic E-state index is -1.03. The smallest absolute Gasteiger partial charge is 0.334 e. The Morgan fingerprint density at radius 2 is 2.12 bits per heavy atom. The molecule has 1 aliphatic heterocycles. The number of nitrogens with one attached hydrogen (secondary N) is 1.